The molecule has 2 N–H and O–H groups in total. The van der Waals surface area contributed by atoms with Crippen LogP contribution in [0.2, 0.25) is 0 Å². The average Bonchev–Trinajstić information content (AvgIpc) is 2.90. The lowest BCUT2D eigenvalue weighted by Gasteiger charge is -2.36. The SMILES string of the molecule is O=C(N[C@@H]1CCCCC1NC(=O)C1CCCN(S(=O)(=O)c2cccc(C(F)(F)F)c2)C1)c1ccc(F)cc1. The molecule has 38 heavy (non-hydrogen) atoms. The van der Waals surface area contributed by atoms with E-state index in [1.54, 1.807) is 0 Å². The van der Waals surface area contributed by atoms with Crippen LogP contribution in [0.15, 0.2) is 53.4 Å². The number of halogens is 4. The highest BCUT2D eigenvalue weighted by Crippen LogP contribution is 2.32. The van der Waals surface area contributed by atoms with Crippen LogP contribution in [0.4, 0.5) is 17.6 Å². The molecule has 2 aromatic carbocycles. The van der Waals surface area contributed by atoms with Crippen LogP contribution in [0.25, 0.3) is 0 Å². The standard InChI is InChI=1S/C26H29F4N3O4S/c27-20-12-10-17(11-13-20)24(34)31-22-8-1-2-9-23(22)32-25(35)18-5-4-14-33(16-18)38(36,37)21-7-3-6-19(15-21)26(28,29)30/h3,6-7,10-13,15,18,22-23H,1-2,4-5,8-9,14,16H2,(H,31,34)(H,32,35)/t18?,22-,23?/m1/s1. The summed E-state index contributed by atoms with van der Waals surface area (Å²) < 4.78 is 79.8. The number of hydrogen-bond acceptors (Lipinski definition) is 4. The monoisotopic (exact) mass is 555 g/mol. The molecule has 1 heterocycles. The van der Waals surface area contributed by atoms with Crippen LogP contribution in [0.3, 0.4) is 0 Å². The zero-order chi connectivity index (χ0) is 27.5. The summed E-state index contributed by atoms with van der Waals surface area (Å²) in [5.74, 6) is -1.88. The number of hydrogen-bond donors (Lipinski definition) is 2. The molecule has 0 spiro atoms. The van der Waals surface area contributed by atoms with Gasteiger partial charge < -0.3 is 10.6 Å². The van der Waals surface area contributed by atoms with Crippen LogP contribution in [-0.4, -0.2) is 49.7 Å². The third-order valence-corrected chi connectivity index (χ3v) is 8.93. The highest BCUT2D eigenvalue weighted by molar-refractivity contribution is 7.89. The van der Waals surface area contributed by atoms with Gasteiger partial charge in [-0.3, -0.25) is 9.59 Å². The van der Waals surface area contributed by atoms with E-state index in [9.17, 15) is 35.6 Å². The number of amides is 2. The van der Waals surface area contributed by atoms with Gasteiger partial charge in [0.15, 0.2) is 0 Å². The molecule has 2 unspecified atom stereocenters. The summed E-state index contributed by atoms with van der Waals surface area (Å²) >= 11 is 0. The van der Waals surface area contributed by atoms with Crippen molar-refractivity contribution in [3.8, 4) is 0 Å². The Kier molecular flexibility index (Phi) is 8.41. The molecule has 2 aliphatic rings. The Bertz CT molecular complexity index is 1270. The van der Waals surface area contributed by atoms with Crippen molar-refractivity contribution in [2.75, 3.05) is 13.1 Å². The Morgan fingerprint density at radius 2 is 1.55 bits per heavy atom. The lowest BCUT2D eigenvalue weighted by molar-refractivity contribution is -0.137. The summed E-state index contributed by atoms with van der Waals surface area (Å²) in [4.78, 5) is 25.3. The number of rotatable bonds is 6. The summed E-state index contributed by atoms with van der Waals surface area (Å²) in [6.07, 6.45) is -0.913. The van der Waals surface area contributed by atoms with E-state index in [0.29, 0.717) is 37.3 Å². The van der Waals surface area contributed by atoms with Crippen molar-refractivity contribution in [2.24, 2.45) is 5.92 Å². The number of sulfonamides is 1. The number of carbonyl (C=O) groups excluding carboxylic acids is 2. The summed E-state index contributed by atoms with van der Waals surface area (Å²) in [6, 6.07) is 8.00. The predicted octanol–water partition coefficient (Wildman–Crippen LogP) is 4.10. The van der Waals surface area contributed by atoms with E-state index in [1.807, 2.05) is 0 Å². The normalized spacial score (nSPS) is 23.0. The minimum absolute atomic E-state index is 0.0993. The van der Waals surface area contributed by atoms with Gasteiger partial charge in [0, 0.05) is 30.7 Å². The van der Waals surface area contributed by atoms with Gasteiger partial charge in [-0.05, 0) is 68.1 Å². The van der Waals surface area contributed by atoms with E-state index in [0.717, 1.165) is 35.3 Å². The van der Waals surface area contributed by atoms with Gasteiger partial charge in [-0.2, -0.15) is 17.5 Å². The summed E-state index contributed by atoms with van der Waals surface area (Å²) in [5.41, 5.74) is -0.763. The van der Waals surface area contributed by atoms with Crippen LogP contribution in [0.5, 0.6) is 0 Å². The second-order valence-electron chi connectivity index (χ2n) is 9.71. The molecule has 2 fully saturated rings. The maximum absolute atomic E-state index is 13.2. The highest BCUT2D eigenvalue weighted by Gasteiger charge is 2.37. The third kappa shape index (κ3) is 6.52. The minimum atomic E-state index is -4.68. The fourth-order valence-electron chi connectivity index (χ4n) is 4.99. The van der Waals surface area contributed by atoms with E-state index in [1.165, 1.54) is 24.3 Å². The lowest BCUT2D eigenvalue weighted by atomic mass is 9.89. The first-order valence-corrected chi connectivity index (χ1v) is 13.9. The Hall–Kier alpha value is -2.99. The quantitative estimate of drug-likeness (QED) is 0.525. The topological polar surface area (TPSA) is 95.6 Å². The van der Waals surface area contributed by atoms with Gasteiger partial charge in [0.1, 0.15) is 5.82 Å². The summed E-state index contributed by atoms with van der Waals surface area (Å²) in [5, 5.41) is 5.87. The largest absolute Gasteiger partial charge is 0.416 e. The molecule has 0 aromatic heterocycles. The average molecular weight is 556 g/mol. The second kappa shape index (κ2) is 11.4. The zero-order valence-electron chi connectivity index (χ0n) is 20.5. The lowest BCUT2D eigenvalue weighted by Crippen LogP contribution is -2.55. The molecule has 2 aromatic rings. The predicted molar refractivity (Wildman–Crippen MR) is 131 cm³/mol. The van der Waals surface area contributed by atoms with Gasteiger partial charge in [-0.25, -0.2) is 12.8 Å². The minimum Gasteiger partial charge on any atom is -0.351 e. The van der Waals surface area contributed by atoms with Crippen LogP contribution in [-0.2, 0) is 21.0 Å². The van der Waals surface area contributed by atoms with Gasteiger partial charge in [-0.15, -0.1) is 0 Å². The molecule has 1 aliphatic heterocycles. The van der Waals surface area contributed by atoms with Crippen molar-refractivity contribution in [1.82, 2.24) is 14.9 Å². The molecule has 4 rings (SSSR count). The number of nitrogens with zero attached hydrogens (tertiary/aromatic N) is 1. The van der Waals surface area contributed by atoms with E-state index in [2.05, 4.69) is 10.6 Å². The Morgan fingerprint density at radius 1 is 0.895 bits per heavy atom. The van der Waals surface area contributed by atoms with Gasteiger partial charge >= 0.3 is 6.18 Å². The first kappa shape index (κ1) is 28.0. The first-order chi connectivity index (χ1) is 17.9. The van der Waals surface area contributed by atoms with Crippen LogP contribution in [0, 0.1) is 11.7 Å². The molecule has 1 saturated heterocycles. The van der Waals surface area contributed by atoms with Crippen molar-refractivity contribution in [1.29, 1.82) is 0 Å². The third-order valence-electron chi connectivity index (χ3n) is 7.07. The molecular formula is C26H29F4N3O4S. The Labute approximate surface area is 218 Å². The van der Waals surface area contributed by atoms with Crippen LogP contribution < -0.4 is 10.6 Å². The van der Waals surface area contributed by atoms with Crippen molar-refractivity contribution < 1.29 is 35.6 Å². The van der Waals surface area contributed by atoms with Gasteiger partial charge in [-0.1, -0.05) is 18.9 Å². The molecular weight excluding hydrogens is 526 g/mol. The van der Waals surface area contributed by atoms with E-state index in [4.69, 9.17) is 0 Å². The molecule has 12 heteroatoms. The number of benzene rings is 2. The molecule has 3 atom stereocenters. The maximum Gasteiger partial charge on any atom is 0.416 e. The first-order valence-electron chi connectivity index (χ1n) is 12.5. The van der Waals surface area contributed by atoms with E-state index >= 15 is 0 Å². The van der Waals surface area contributed by atoms with Crippen molar-refractivity contribution in [2.45, 2.75) is 61.7 Å². The van der Waals surface area contributed by atoms with Crippen molar-refractivity contribution >= 4 is 21.8 Å². The summed E-state index contributed by atoms with van der Waals surface area (Å²) in [6.45, 7) is -0.0497. The molecule has 0 bridgehead atoms. The fraction of sp³-hybridized carbons (Fsp3) is 0.462. The van der Waals surface area contributed by atoms with Gasteiger partial charge in [0.2, 0.25) is 15.9 Å². The van der Waals surface area contributed by atoms with Gasteiger partial charge in [0.05, 0.1) is 16.4 Å². The zero-order valence-corrected chi connectivity index (χ0v) is 21.3. The number of alkyl halides is 3. The number of piperidine rings is 1. The molecule has 1 saturated carbocycles. The second-order valence-corrected chi connectivity index (χ2v) is 11.7. The number of nitrogens with one attached hydrogen (secondary N) is 2. The molecule has 2 amide bonds. The number of carbonyl (C=O) groups is 2. The fourth-order valence-corrected chi connectivity index (χ4v) is 6.56. The van der Waals surface area contributed by atoms with Crippen molar-refractivity contribution in [3.63, 3.8) is 0 Å². The molecule has 206 valence electrons. The van der Waals surface area contributed by atoms with E-state index in [-0.39, 0.29) is 37.0 Å². The van der Waals surface area contributed by atoms with E-state index < -0.39 is 38.4 Å². The van der Waals surface area contributed by atoms with Crippen LogP contribution >= 0.6 is 0 Å². The van der Waals surface area contributed by atoms with Crippen LogP contribution in [0.1, 0.15) is 54.4 Å². The Balaban J connectivity index is 1.41. The highest BCUT2D eigenvalue weighted by atomic mass is 32.2. The molecule has 0 radical (unpaired) electrons. The molecule has 1 aliphatic carbocycles. The summed E-state index contributed by atoms with van der Waals surface area (Å²) in [7, 11) is -4.24. The smallest absolute Gasteiger partial charge is 0.351 e. The van der Waals surface area contributed by atoms with Crippen molar-refractivity contribution in [3.05, 3.63) is 65.5 Å². The Morgan fingerprint density at radius 3 is 2.21 bits per heavy atom. The maximum atomic E-state index is 13.2. The molecule has 7 nitrogen and oxygen atoms in total. The van der Waals surface area contributed by atoms with Gasteiger partial charge in [0.25, 0.3) is 5.91 Å².